The number of fused-ring (bicyclic) bond motifs is 2. The summed E-state index contributed by atoms with van der Waals surface area (Å²) in [5.41, 5.74) is 11.3. The van der Waals surface area contributed by atoms with Gasteiger partial charge in [-0.3, -0.25) is 9.59 Å². The molecule has 0 bridgehead atoms. The highest BCUT2D eigenvalue weighted by Crippen LogP contribution is 2.51. The van der Waals surface area contributed by atoms with Gasteiger partial charge in [-0.1, -0.05) is 133 Å². The second-order valence-corrected chi connectivity index (χ2v) is 23.7. The fourth-order valence-electron chi connectivity index (χ4n) is 13.4. The monoisotopic (exact) mass is 1060 g/mol. The van der Waals surface area contributed by atoms with Gasteiger partial charge in [0.25, 0.3) is 0 Å². The summed E-state index contributed by atoms with van der Waals surface area (Å²) in [5.74, 6) is 3.43. The highest BCUT2D eigenvalue weighted by atomic mass is 16.5. The lowest BCUT2D eigenvalue weighted by atomic mass is 9.84. The number of hydrogen-bond acceptors (Lipinski definition) is 8. The average molecular weight is 1060 g/mol. The largest absolute Gasteiger partial charge is 0.453 e. The number of amides is 4. The number of ether oxygens (including phenoxy) is 2. The highest BCUT2D eigenvalue weighted by Gasteiger charge is 2.51. The van der Waals surface area contributed by atoms with Crippen molar-refractivity contribution in [3.63, 3.8) is 0 Å². The van der Waals surface area contributed by atoms with E-state index in [0.717, 1.165) is 98.4 Å². The number of H-pyrrole nitrogens is 2. The summed E-state index contributed by atoms with van der Waals surface area (Å²) in [4.78, 5) is 74.2. The molecule has 2 saturated carbocycles. The predicted octanol–water partition coefficient (Wildman–Crippen LogP) is 13.0. The molecule has 3 aliphatic carbocycles. The van der Waals surface area contributed by atoms with Crippen LogP contribution in [0.25, 0.3) is 33.7 Å². The lowest BCUT2D eigenvalue weighted by Crippen LogP contribution is -2.51. The zero-order valence-electron chi connectivity index (χ0n) is 47.7. The highest BCUT2D eigenvalue weighted by molar-refractivity contribution is 5.87. The number of carbonyl (C=O) groups excluding carboxylic acids is 4. The molecule has 2 aliphatic heterocycles. The SMILES string of the molecule is C/C=C1\C=C(\c2ccc(-c3c[nH]c([C@@H]4C5CCCC5CN4C(=O)[C@@H](NC(=O)OC)C(C)C)n3)cc2)[C@H](C)CC[C@@H](C)/C=C\C(=C(/C)c2ccc(-c3c[nH]c([C@@H]4C5CCCC5CN4C(=O)[C@@H](NC(=O)OC)C(C)C)n3)cc2)CC1. The van der Waals surface area contributed by atoms with Gasteiger partial charge in [0.05, 0.1) is 37.7 Å². The van der Waals surface area contributed by atoms with Crippen molar-refractivity contribution in [2.75, 3.05) is 27.3 Å². The lowest BCUT2D eigenvalue weighted by Gasteiger charge is -2.31. The second-order valence-electron chi connectivity index (χ2n) is 23.7. The average Bonchev–Trinajstić information content (AvgIpc) is 4.46. The molecule has 14 nitrogen and oxygen atoms in total. The van der Waals surface area contributed by atoms with E-state index in [9.17, 15) is 19.2 Å². The molecule has 4 unspecified atom stereocenters. The minimum absolute atomic E-state index is 0.0860. The predicted molar refractivity (Wildman–Crippen MR) is 307 cm³/mol. The number of likely N-dealkylation sites (tertiary alicyclic amines) is 2. The Morgan fingerprint density at radius 1 is 0.667 bits per heavy atom. The van der Waals surface area contributed by atoms with Crippen molar-refractivity contribution in [2.24, 2.45) is 47.3 Å². The fourth-order valence-corrected chi connectivity index (χ4v) is 13.4. The number of nitrogens with one attached hydrogen (secondary N) is 4. The van der Waals surface area contributed by atoms with Gasteiger partial charge in [-0.15, -0.1) is 0 Å². The van der Waals surface area contributed by atoms with Gasteiger partial charge in [0.2, 0.25) is 11.8 Å². The summed E-state index contributed by atoms with van der Waals surface area (Å²) >= 11 is 0. The van der Waals surface area contributed by atoms with E-state index in [-0.39, 0.29) is 35.7 Å². The van der Waals surface area contributed by atoms with Crippen molar-refractivity contribution in [1.29, 1.82) is 0 Å². The zero-order valence-corrected chi connectivity index (χ0v) is 47.7. The zero-order chi connectivity index (χ0) is 55.4. The number of methoxy groups -OCH3 is 2. The number of imidazole rings is 2. The number of nitrogens with zero attached hydrogens (tertiary/aromatic N) is 4. The number of carbonyl (C=O) groups is 4. The van der Waals surface area contributed by atoms with E-state index in [1.807, 2.05) is 49.9 Å². The Morgan fingerprint density at radius 2 is 1.15 bits per heavy atom. The molecule has 2 aromatic heterocycles. The summed E-state index contributed by atoms with van der Waals surface area (Å²) in [5, 5.41) is 5.60. The maximum absolute atomic E-state index is 14.2. The van der Waals surface area contributed by atoms with E-state index >= 15 is 0 Å². The van der Waals surface area contributed by atoms with Gasteiger partial charge in [-0.05, 0) is 140 Å². The van der Waals surface area contributed by atoms with E-state index in [2.05, 4.69) is 121 Å². The van der Waals surface area contributed by atoms with Crippen molar-refractivity contribution in [3.8, 4) is 22.5 Å². The first-order valence-electron chi connectivity index (χ1n) is 28.9. The first-order valence-corrected chi connectivity index (χ1v) is 28.9. The maximum Gasteiger partial charge on any atom is 0.407 e. The van der Waals surface area contributed by atoms with Crippen LogP contribution in [0, 0.1) is 47.3 Å². The van der Waals surface area contributed by atoms with E-state index in [1.165, 1.54) is 47.6 Å². The Kier molecular flexibility index (Phi) is 17.6. The number of hydrogen-bond donors (Lipinski definition) is 4. The third-order valence-corrected chi connectivity index (χ3v) is 18.1. The molecular formula is C64H84N8O6. The van der Waals surface area contributed by atoms with E-state index < -0.39 is 24.3 Å². The van der Waals surface area contributed by atoms with Gasteiger partial charge in [-0.25, -0.2) is 19.6 Å². The van der Waals surface area contributed by atoms with Gasteiger partial charge in [0.15, 0.2) is 0 Å². The van der Waals surface area contributed by atoms with Crippen LogP contribution in [-0.2, 0) is 19.1 Å². The molecular weight excluding hydrogens is 977 g/mol. The number of alkyl carbamates (subject to hydrolysis) is 2. The minimum Gasteiger partial charge on any atom is -0.453 e. The van der Waals surface area contributed by atoms with Crippen LogP contribution in [0.2, 0.25) is 0 Å². The molecule has 14 heteroatoms. The van der Waals surface area contributed by atoms with Crippen LogP contribution < -0.4 is 10.6 Å². The summed E-state index contributed by atoms with van der Waals surface area (Å²) in [6.07, 6.45) is 22.7. The number of aromatic nitrogens is 4. The Morgan fingerprint density at radius 3 is 1.63 bits per heavy atom. The van der Waals surface area contributed by atoms with Crippen molar-refractivity contribution in [2.45, 2.75) is 144 Å². The third-order valence-electron chi connectivity index (χ3n) is 18.1. The van der Waals surface area contributed by atoms with E-state index in [0.29, 0.717) is 48.6 Å². The Balaban J connectivity index is 0.903. The molecule has 10 atom stereocenters. The van der Waals surface area contributed by atoms with Crippen LogP contribution in [0.1, 0.15) is 154 Å². The second kappa shape index (κ2) is 24.5. The van der Waals surface area contributed by atoms with Gasteiger partial charge < -0.3 is 39.9 Å². The van der Waals surface area contributed by atoms with Crippen LogP contribution in [-0.4, -0.2) is 93.1 Å². The normalized spacial score (nSPS) is 27.5. The smallest absolute Gasteiger partial charge is 0.407 e. The Labute approximate surface area is 462 Å². The maximum atomic E-state index is 14.2. The molecule has 4 heterocycles. The lowest BCUT2D eigenvalue weighted by molar-refractivity contribution is -0.136. The van der Waals surface area contributed by atoms with E-state index in [1.54, 1.807) is 0 Å². The number of aromatic amines is 2. The molecule has 2 aromatic carbocycles. The summed E-state index contributed by atoms with van der Waals surface area (Å²) in [7, 11) is 2.65. The number of benzene rings is 2. The van der Waals surface area contributed by atoms with Crippen molar-refractivity contribution in [1.82, 2.24) is 40.4 Å². The number of rotatable bonds is 12. The van der Waals surface area contributed by atoms with Crippen molar-refractivity contribution in [3.05, 3.63) is 119 Å². The molecule has 2 saturated heterocycles. The van der Waals surface area contributed by atoms with Crippen molar-refractivity contribution >= 4 is 35.1 Å². The van der Waals surface area contributed by atoms with Gasteiger partial charge >= 0.3 is 12.2 Å². The van der Waals surface area contributed by atoms with Gasteiger partial charge in [0.1, 0.15) is 23.7 Å². The summed E-state index contributed by atoms with van der Waals surface area (Å²) < 4.78 is 9.78. The Bertz CT molecular complexity index is 2910. The van der Waals surface area contributed by atoms with Crippen LogP contribution in [0.3, 0.4) is 0 Å². The molecule has 4 N–H and O–H groups in total. The summed E-state index contributed by atoms with van der Waals surface area (Å²) in [6, 6.07) is 15.8. The van der Waals surface area contributed by atoms with Gasteiger partial charge in [-0.2, -0.15) is 0 Å². The molecule has 9 rings (SSSR count). The molecule has 416 valence electrons. The van der Waals surface area contributed by atoms with Crippen LogP contribution >= 0.6 is 0 Å². The molecule has 0 radical (unpaired) electrons. The number of allylic oxidation sites excluding steroid dienone is 8. The van der Waals surface area contributed by atoms with Crippen LogP contribution in [0.15, 0.2) is 96.4 Å². The van der Waals surface area contributed by atoms with Crippen LogP contribution in [0.5, 0.6) is 0 Å². The Hall–Kier alpha value is -6.70. The fraction of sp³-hybridized carbons (Fsp3) is 0.531. The topological polar surface area (TPSA) is 175 Å². The molecule has 78 heavy (non-hydrogen) atoms. The minimum atomic E-state index is -0.686. The molecule has 0 spiro atoms. The van der Waals surface area contributed by atoms with E-state index in [4.69, 9.17) is 19.4 Å². The van der Waals surface area contributed by atoms with Gasteiger partial charge in [0, 0.05) is 36.6 Å². The third kappa shape index (κ3) is 12.0. The first kappa shape index (κ1) is 56.0. The molecule has 4 aromatic rings. The molecule has 4 amide bonds. The molecule has 4 fully saturated rings. The van der Waals surface area contributed by atoms with Crippen molar-refractivity contribution < 1.29 is 28.7 Å². The van der Waals surface area contributed by atoms with Crippen LogP contribution in [0.4, 0.5) is 9.59 Å². The first-order chi connectivity index (χ1) is 37.6. The quantitative estimate of drug-likeness (QED) is 0.108. The molecule has 5 aliphatic rings. The standard InChI is InChI=1S/C64H84N8O6/c1-11-42-21-23-43(41(8)44-24-28-46(29-25-44)53-33-65-59(67-53)57-50-16-12-14-48(50)35-71(57)61(73)55(37(2)3)69-63(75)77-9)22-19-39(6)18-20-40(7)52(32-42)45-26-30-47(31-27-45)54-34-66-60(68-54)58-51-17-13-15-49(51)36-72(58)62(74)56(38(4)5)70-64(76)78-10/h11,19,22,24-34,37-40,48-51,55-58H,12-18,20-21,23,35-36H2,1-10H3,(H,65,67)(H,66,68)(H,69,75)(H,70,76)/b22-19-,42-11-,43-41-,52-32+/t39-,40-,48?,49?,50?,51?,55+,56+,57+,58+/m1/s1. The summed E-state index contributed by atoms with van der Waals surface area (Å²) in [6.45, 7) is 18.2.